The first-order valence-electron chi connectivity index (χ1n) is 6.14. The van der Waals surface area contributed by atoms with Gasteiger partial charge in [-0.15, -0.1) is 0 Å². The maximum atomic E-state index is 5.74. The van der Waals surface area contributed by atoms with Crippen LogP contribution in [0.5, 0.6) is 0 Å². The van der Waals surface area contributed by atoms with Crippen LogP contribution >= 0.6 is 0 Å². The minimum Gasteiger partial charge on any atom is -0.399 e. The third kappa shape index (κ3) is 1.91. The number of fused-ring (bicyclic) bond motifs is 1. The molecule has 0 spiro atoms. The summed E-state index contributed by atoms with van der Waals surface area (Å²) in [6, 6.07) is 12.4. The highest BCUT2D eigenvalue weighted by Crippen LogP contribution is 2.35. The van der Waals surface area contributed by atoms with Crippen LogP contribution in [0.4, 0.5) is 5.69 Å². The van der Waals surface area contributed by atoms with E-state index in [2.05, 4.69) is 23.2 Å². The third-order valence-corrected chi connectivity index (χ3v) is 3.53. The second-order valence-corrected chi connectivity index (χ2v) is 4.66. The number of nitrogen functional groups attached to an aromatic ring is 1. The molecule has 17 heavy (non-hydrogen) atoms. The molecule has 0 saturated heterocycles. The van der Waals surface area contributed by atoms with E-state index in [1.54, 1.807) is 0 Å². The minimum atomic E-state index is 0.445. The van der Waals surface area contributed by atoms with Crippen LogP contribution in [0.25, 0.3) is 0 Å². The van der Waals surface area contributed by atoms with Gasteiger partial charge < -0.3 is 5.73 Å². The van der Waals surface area contributed by atoms with Crippen molar-refractivity contribution in [1.82, 2.24) is 4.98 Å². The van der Waals surface area contributed by atoms with E-state index in [0.29, 0.717) is 5.92 Å². The van der Waals surface area contributed by atoms with Crippen LogP contribution in [0, 0.1) is 0 Å². The number of hydrogen-bond acceptors (Lipinski definition) is 2. The Bertz CT molecular complexity index is 517. The van der Waals surface area contributed by atoms with Crippen LogP contribution < -0.4 is 5.73 Å². The number of rotatable bonds is 1. The van der Waals surface area contributed by atoms with Crippen molar-refractivity contribution in [3.63, 3.8) is 0 Å². The molecule has 0 fully saturated rings. The van der Waals surface area contributed by atoms with Crippen molar-refractivity contribution in [2.24, 2.45) is 0 Å². The van der Waals surface area contributed by atoms with Gasteiger partial charge in [-0.3, -0.25) is 4.98 Å². The maximum absolute atomic E-state index is 5.74. The molecule has 1 heterocycles. The van der Waals surface area contributed by atoms with Crippen molar-refractivity contribution in [3.8, 4) is 0 Å². The molecule has 0 amide bonds. The Morgan fingerprint density at radius 2 is 1.94 bits per heavy atom. The Hall–Kier alpha value is -1.83. The summed E-state index contributed by atoms with van der Waals surface area (Å²) in [6.45, 7) is 0. The first kappa shape index (κ1) is 10.3. The maximum Gasteiger partial charge on any atom is 0.0510 e. The van der Waals surface area contributed by atoms with Crippen molar-refractivity contribution in [2.75, 3.05) is 5.73 Å². The quantitative estimate of drug-likeness (QED) is 0.756. The van der Waals surface area contributed by atoms with E-state index in [4.69, 9.17) is 5.73 Å². The van der Waals surface area contributed by atoms with E-state index in [-0.39, 0.29) is 0 Å². The van der Waals surface area contributed by atoms with Gasteiger partial charge in [0, 0.05) is 17.8 Å². The van der Waals surface area contributed by atoms with Gasteiger partial charge in [0.15, 0.2) is 0 Å². The average Bonchev–Trinajstić information content (AvgIpc) is 2.39. The van der Waals surface area contributed by atoms with Gasteiger partial charge in [-0.05, 0) is 48.6 Å². The fraction of sp³-hybridized carbons (Fsp3) is 0.267. The average molecular weight is 224 g/mol. The monoisotopic (exact) mass is 224 g/mol. The molecule has 1 aliphatic rings. The Morgan fingerprint density at radius 1 is 1.12 bits per heavy atom. The molecule has 0 bridgehead atoms. The van der Waals surface area contributed by atoms with Gasteiger partial charge >= 0.3 is 0 Å². The number of benzene rings is 1. The zero-order chi connectivity index (χ0) is 11.7. The predicted octanol–water partition coefficient (Wildman–Crippen LogP) is 3.13. The summed E-state index contributed by atoms with van der Waals surface area (Å²) in [5.41, 5.74) is 10.5. The summed E-state index contributed by atoms with van der Waals surface area (Å²) >= 11 is 0. The van der Waals surface area contributed by atoms with Crippen LogP contribution in [0.1, 0.15) is 35.6 Å². The zero-order valence-electron chi connectivity index (χ0n) is 9.76. The third-order valence-electron chi connectivity index (χ3n) is 3.53. The summed E-state index contributed by atoms with van der Waals surface area (Å²) in [6.07, 6.45) is 5.49. The molecule has 0 aliphatic heterocycles. The number of aromatic nitrogens is 1. The van der Waals surface area contributed by atoms with E-state index in [1.165, 1.54) is 29.7 Å². The minimum absolute atomic E-state index is 0.445. The molecule has 3 rings (SSSR count). The molecule has 1 aliphatic carbocycles. The van der Waals surface area contributed by atoms with E-state index in [0.717, 1.165) is 12.1 Å². The summed E-state index contributed by atoms with van der Waals surface area (Å²) in [7, 11) is 0. The van der Waals surface area contributed by atoms with Gasteiger partial charge in [-0.2, -0.15) is 0 Å². The first-order chi connectivity index (χ1) is 8.34. The highest BCUT2D eigenvalue weighted by Gasteiger charge is 2.22. The summed E-state index contributed by atoms with van der Waals surface area (Å²) in [4.78, 5) is 4.57. The van der Waals surface area contributed by atoms with E-state index < -0.39 is 0 Å². The van der Waals surface area contributed by atoms with Gasteiger partial charge in [0.05, 0.1) is 5.69 Å². The molecule has 2 heteroatoms. The largest absolute Gasteiger partial charge is 0.399 e. The smallest absolute Gasteiger partial charge is 0.0510 e. The summed E-state index contributed by atoms with van der Waals surface area (Å²) in [5.74, 6) is 0.445. The van der Waals surface area contributed by atoms with Gasteiger partial charge in [-0.25, -0.2) is 0 Å². The second kappa shape index (κ2) is 4.21. The van der Waals surface area contributed by atoms with Crippen LogP contribution in [0.2, 0.25) is 0 Å². The SMILES string of the molecule is Nc1ccc(C2CCCc3cccnc32)cc1. The van der Waals surface area contributed by atoms with E-state index >= 15 is 0 Å². The van der Waals surface area contributed by atoms with Crippen LogP contribution in [0.15, 0.2) is 42.6 Å². The predicted molar refractivity (Wildman–Crippen MR) is 69.9 cm³/mol. The van der Waals surface area contributed by atoms with Crippen molar-refractivity contribution in [2.45, 2.75) is 25.2 Å². The fourth-order valence-electron chi connectivity index (χ4n) is 2.66. The van der Waals surface area contributed by atoms with Gasteiger partial charge in [-0.1, -0.05) is 18.2 Å². The number of anilines is 1. The summed E-state index contributed by atoms with van der Waals surface area (Å²) in [5, 5.41) is 0. The molecular formula is C15H16N2. The first-order valence-corrected chi connectivity index (χ1v) is 6.14. The topological polar surface area (TPSA) is 38.9 Å². The Morgan fingerprint density at radius 3 is 2.76 bits per heavy atom. The molecule has 0 radical (unpaired) electrons. The number of aryl methyl sites for hydroxylation is 1. The lowest BCUT2D eigenvalue weighted by atomic mass is 9.82. The molecule has 2 N–H and O–H groups in total. The van der Waals surface area contributed by atoms with Crippen LogP contribution in [0.3, 0.4) is 0 Å². The number of nitrogens with zero attached hydrogens (tertiary/aromatic N) is 1. The standard InChI is InChI=1S/C15H16N2/c16-13-8-6-11(7-9-13)14-5-1-3-12-4-2-10-17-15(12)14/h2,4,6-10,14H,1,3,5,16H2. The normalized spacial score (nSPS) is 18.7. The van der Waals surface area contributed by atoms with Crippen molar-refractivity contribution < 1.29 is 0 Å². The molecule has 2 aromatic rings. The number of nitrogens with two attached hydrogens (primary N) is 1. The lowest BCUT2D eigenvalue weighted by molar-refractivity contribution is 0.599. The Labute approximate surface area is 102 Å². The molecule has 1 unspecified atom stereocenters. The zero-order valence-corrected chi connectivity index (χ0v) is 9.76. The molecule has 1 atom stereocenters. The molecule has 86 valence electrons. The molecule has 1 aromatic heterocycles. The highest BCUT2D eigenvalue weighted by atomic mass is 14.7. The van der Waals surface area contributed by atoms with Crippen LogP contribution in [-0.4, -0.2) is 4.98 Å². The number of hydrogen-bond donors (Lipinski definition) is 1. The van der Waals surface area contributed by atoms with Gasteiger partial charge in [0.25, 0.3) is 0 Å². The van der Waals surface area contributed by atoms with E-state index in [9.17, 15) is 0 Å². The lowest BCUT2D eigenvalue weighted by Crippen LogP contribution is -2.12. The fourth-order valence-corrected chi connectivity index (χ4v) is 2.66. The summed E-state index contributed by atoms with van der Waals surface area (Å²) < 4.78 is 0. The van der Waals surface area contributed by atoms with Crippen LogP contribution in [-0.2, 0) is 6.42 Å². The lowest BCUT2D eigenvalue weighted by Gasteiger charge is -2.24. The molecular weight excluding hydrogens is 208 g/mol. The Kier molecular flexibility index (Phi) is 2.56. The van der Waals surface area contributed by atoms with Crippen molar-refractivity contribution >= 4 is 5.69 Å². The Balaban J connectivity index is 2.03. The van der Waals surface area contributed by atoms with Crippen molar-refractivity contribution in [1.29, 1.82) is 0 Å². The number of pyridine rings is 1. The van der Waals surface area contributed by atoms with Gasteiger partial charge in [0.2, 0.25) is 0 Å². The molecule has 2 nitrogen and oxygen atoms in total. The molecule has 1 aromatic carbocycles. The highest BCUT2D eigenvalue weighted by molar-refractivity contribution is 5.43. The van der Waals surface area contributed by atoms with Gasteiger partial charge in [0.1, 0.15) is 0 Å². The molecule has 0 saturated carbocycles. The van der Waals surface area contributed by atoms with E-state index in [1.807, 2.05) is 24.4 Å². The second-order valence-electron chi connectivity index (χ2n) is 4.66. The van der Waals surface area contributed by atoms with Crippen molar-refractivity contribution in [3.05, 3.63) is 59.4 Å².